The van der Waals surface area contributed by atoms with E-state index in [2.05, 4.69) is 31.5 Å². The van der Waals surface area contributed by atoms with Crippen LogP contribution in [0, 0.1) is 0 Å². The number of amides is 2. The van der Waals surface area contributed by atoms with Crippen molar-refractivity contribution in [2.75, 3.05) is 17.2 Å². The molecule has 0 fully saturated rings. The SMILES string of the molecule is O=C(NCCBr)Nc1nc2ccc(Cl)cc2s1. The summed E-state index contributed by atoms with van der Waals surface area (Å²) in [6.07, 6.45) is 0. The molecule has 17 heavy (non-hydrogen) atoms. The first kappa shape index (κ1) is 12.6. The molecule has 0 saturated carbocycles. The molecule has 0 spiro atoms. The molecule has 1 aromatic heterocycles. The molecule has 0 aliphatic carbocycles. The number of thiazole rings is 1. The van der Waals surface area contributed by atoms with Crippen molar-refractivity contribution < 1.29 is 4.79 Å². The second-order valence-corrected chi connectivity index (χ2v) is 5.46. The van der Waals surface area contributed by atoms with E-state index in [0.29, 0.717) is 16.7 Å². The molecule has 0 aliphatic rings. The maximum absolute atomic E-state index is 11.4. The van der Waals surface area contributed by atoms with Gasteiger partial charge in [0.25, 0.3) is 0 Å². The number of fused-ring (bicyclic) bond motifs is 1. The molecule has 0 saturated heterocycles. The Morgan fingerprint density at radius 1 is 1.53 bits per heavy atom. The molecule has 2 aromatic rings. The molecular formula is C10H9BrClN3OS. The van der Waals surface area contributed by atoms with Gasteiger partial charge < -0.3 is 5.32 Å². The summed E-state index contributed by atoms with van der Waals surface area (Å²) in [5.74, 6) is 0. The highest BCUT2D eigenvalue weighted by Gasteiger charge is 2.07. The quantitative estimate of drug-likeness (QED) is 0.845. The van der Waals surface area contributed by atoms with Crippen molar-refractivity contribution in [1.29, 1.82) is 0 Å². The average Bonchev–Trinajstić information content (AvgIpc) is 2.67. The summed E-state index contributed by atoms with van der Waals surface area (Å²) in [5, 5.41) is 7.30. The third-order valence-electron chi connectivity index (χ3n) is 1.95. The Hall–Kier alpha value is -0.850. The number of anilines is 1. The number of halogens is 2. The zero-order valence-corrected chi connectivity index (χ0v) is 11.8. The maximum Gasteiger partial charge on any atom is 0.321 e. The highest BCUT2D eigenvalue weighted by atomic mass is 79.9. The van der Waals surface area contributed by atoms with E-state index in [4.69, 9.17) is 11.6 Å². The maximum atomic E-state index is 11.4. The van der Waals surface area contributed by atoms with Crippen LogP contribution in [0.1, 0.15) is 0 Å². The highest BCUT2D eigenvalue weighted by Crippen LogP contribution is 2.28. The van der Waals surface area contributed by atoms with Gasteiger partial charge in [0.1, 0.15) is 0 Å². The minimum absolute atomic E-state index is 0.255. The molecule has 90 valence electrons. The topological polar surface area (TPSA) is 54.0 Å². The number of carbonyl (C=O) groups excluding carboxylic acids is 1. The van der Waals surface area contributed by atoms with Gasteiger partial charge in [-0.1, -0.05) is 38.9 Å². The van der Waals surface area contributed by atoms with Crippen LogP contribution in [0.5, 0.6) is 0 Å². The number of aromatic nitrogens is 1. The zero-order valence-electron chi connectivity index (χ0n) is 8.67. The van der Waals surface area contributed by atoms with Gasteiger partial charge in [0.2, 0.25) is 0 Å². The molecule has 0 radical (unpaired) electrons. The number of nitrogens with zero attached hydrogens (tertiary/aromatic N) is 1. The molecule has 7 heteroatoms. The fourth-order valence-electron chi connectivity index (χ4n) is 1.25. The van der Waals surface area contributed by atoms with Crippen molar-refractivity contribution in [2.24, 2.45) is 0 Å². The standard InChI is InChI=1S/C10H9BrClN3OS/c11-3-4-13-9(16)15-10-14-7-2-1-6(12)5-8(7)17-10/h1-2,5H,3-4H2,(H2,13,14,15,16). The molecule has 0 aliphatic heterocycles. The first-order valence-electron chi connectivity index (χ1n) is 4.86. The third kappa shape index (κ3) is 3.31. The van der Waals surface area contributed by atoms with Crippen LogP contribution in [-0.2, 0) is 0 Å². The molecule has 2 N–H and O–H groups in total. The molecular weight excluding hydrogens is 326 g/mol. The van der Waals surface area contributed by atoms with Crippen molar-refractivity contribution in [3.63, 3.8) is 0 Å². The number of carbonyl (C=O) groups is 1. The van der Waals surface area contributed by atoms with Gasteiger partial charge in [-0.25, -0.2) is 9.78 Å². The average molecular weight is 335 g/mol. The Bertz CT molecular complexity index is 545. The lowest BCUT2D eigenvalue weighted by atomic mass is 10.3. The molecule has 2 rings (SSSR count). The van der Waals surface area contributed by atoms with E-state index in [1.54, 1.807) is 6.07 Å². The van der Waals surface area contributed by atoms with Gasteiger partial charge in [0.05, 0.1) is 10.2 Å². The van der Waals surface area contributed by atoms with E-state index in [1.165, 1.54) is 11.3 Å². The number of nitrogens with one attached hydrogen (secondary N) is 2. The van der Waals surface area contributed by atoms with Crippen LogP contribution in [0.25, 0.3) is 10.2 Å². The Labute approximate surface area is 115 Å². The monoisotopic (exact) mass is 333 g/mol. The Balaban J connectivity index is 2.11. The highest BCUT2D eigenvalue weighted by molar-refractivity contribution is 9.09. The van der Waals surface area contributed by atoms with Crippen LogP contribution < -0.4 is 10.6 Å². The van der Waals surface area contributed by atoms with E-state index in [1.807, 2.05) is 12.1 Å². The summed E-state index contributed by atoms with van der Waals surface area (Å²) < 4.78 is 0.952. The summed E-state index contributed by atoms with van der Waals surface area (Å²) in [6.45, 7) is 0.572. The van der Waals surface area contributed by atoms with Crippen molar-refractivity contribution in [3.8, 4) is 0 Å². The third-order valence-corrected chi connectivity index (χ3v) is 3.52. The largest absolute Gasteiger partial charge is 0.337 e. The first-order valence-corrected chi connectivity index (χ1v) is 7.17. The number of hydrogen-bond donors (Lipinski definition) is 2. The fraction of sp³-hybridized carbons (Fsp3) is 0.200. The zero-order chi connectivity index (χ0) is 12.3. The van der Waals surface area contributed by atoms with Gasteiger partial charge in [-0.3, -0.25) is 5.32 Å². The van der Waals surface area contributed by atoms with Gasteiger partial charge in [-0.2, -0.15) is 0 Å². The van der Waals surface area contributed by atoms with E-state index in [0.717, 1.165) is 15.5 Å². The van der Waals surface area contributed by atoms with Gasteiger partial charge in [-0.05, 0) is 18.2 Å². The lowest BCUT2D eigenvalue weighted by Crippen LogP contribution is -2.29. The van der Waals surface area contributed by atoms with Crippen molar-refractivity contribution >= 4 is 60.2 Å². The molecule has 0 unspecified atom stereocenters. The molecule has 4 nitrogen and oxygen atoms in total. The Kier molecular flexibility index (Phi) is 4.20. The van der Waals surface area contributed by atoms with Crippen LogP contribution in [-0.4, -0.2) is 22.9 Å². The lowest BCUT2D eigenvalue weighted by Gasteiger charge is -2.01. The van der Waals surface area contributed by atoms with E-state index >= 15 is 0 Å². The van der Waals surface area contributed by atoms with Crippen LogP contribution in [0.2, 0.25) is 5.02 Å². The first-order chi connectivity index (χ1) is 8.19. The number of rotatable bonds is 3. The smallest absolute Gasteiger partial charge is 0.321 e. The number of alkyl halides is 1. The van der Waals surface area contributed by atoms with E-state index < -0.39 is 0 Å². The second kappa shape index (κ2) is 5.66. The summed E-state index contributed by atoms with van der Waals surface area (Å²) in [7, 11) is 0. The summed E-state index contributed by atoms with van der Waals surface area (Å²) in [5.41, 5.74) is 0.829. The van der Waals surface area contributed by atoms with Crippen LogP contribution in [0.4, 0.5) is 9.93 Å². The number of hydrogen-bond acceptors (Lipinski definition) is 3. The van der Waals surface area contributed by atoms with Crippen molar-refractivity contribution in [3.05, 3.63) is 23.2 Å². The van der Waals surface area contributed by atoms with Gasteiger partial charge in [0, 0.05) is 16.9 Å². The summed E-state index contributed by atoms with van der Waals surface area (Å²) in [6, 6.07) is 5.18. The molecule has 2 amide bonds. The Morgan fingerprint density at radius 3 is 3.12 bits per heavy atom. The van der Waals surface area contributed by atoms with Crippen molar-refractivity contribution in [2.45, 2.75) is 0 Å². The molecule has 0 bridgehead atoms. The van der Waals surface area contributed by atoms with E-state index in [9.17, 15) is 4.79 Å². The molecule has 0 atom stereocenters. The summed E-state index contributed by atoms with van der Waals surface area (Å²) in [4.78, 5) is 15.7. The van der Waals surface area contributed by atoms with Crippen LogP contribution >= 0.6 is 38.9 Å². The van der Waals surface area contributed by atoms with Crippen LogP contribution in [0.3, 0.4) is 0 Å². The lowest BCUT2D eigenvalue weighted by molar-refractivity contribution is 0.252. The minimum Gasteiger partial charge on any atom is -0.337 e. The Morgan fingerprint density at radius 2 is 2.35 bits per heavy atom. The predicted molar refractivity (Wildman–Crippen MR) is 75.4 cm³/mol. The predicted octanol–water partition coefficient (Wildman–Crippen LogP) is 3.47. The normalized spacial score (nSPS) is 10.5. The molecule has 1 heterocycles. The number of urea groups is 1. The number of benzene rings is 1. The second-order valence-electron chi connectivity index (χ2n) is 3.20. The summed E-state index contributed by atoms with van der Waals surface area (Å²) >= 11 is 10.5. The van der Waals surface area contributed by atoms with Crippen molar-refractivity contribution in [1.82, 2.24) is 10.3 Å². The van der Waals surface area contributed by atoms with Gasteiger partial charge >= 0.3 is 6.03 Å². The minimum atomic E-state index is -0.255. The van der Waals surface area contributed by atoms with E-state index in [-0.39, 0.29) is 6.03 Å². The molecule has 1 aromatic carbocycles. The fourth-order valence-corrected chi connectivity index (χ4v) is 2.59. The van der Waals surface area contributed by atoms with Gasteiger partial charge in [0.15, 0.2) is 5.13 Å². The van der Waals surface area contributed by atoms with Crippen LogP contribution in [0.15, 0.2) is 18.2 Å². The van der Waals surface area contributed by atoms with Gasteiger partial charge in [-0.15, -0.1) is 0 Å².